The second kappa shape index (κ2) is 4.18. The molecular formula is C9H12F5NO. The Labute approximate surface area is 89.2 Å². The van der Waals surface area contributed by atoms with Crippen LogP contribution in [0.3, 0.4) is 0 Å². The van der Waals surface area contributed by atoms with Crippen molar-refractivity contribution in [1.29, 1.82) is 0 Å². The van der Waals surface area contributed by atoms with Crippen LogP contribution in [0.2, 0.25) is 0 Å². The summed E-state index contributed by atoms with van der Waals surface area (Å²) in [5.41, 5.74) is 0. The number of amides is 1. The zero-order valence-corrected chi connectivity index (χ0v) is 8.57. The minimum atomic E-state index is -5.84. The second-order valence-corrected chi connectivity index (χ2v) is 4.13. The standard InChI is InChI=1S/C9H12F5NO/c1-5(4-6-2-3-6)15-7(16)8(10,11)9(12,13)14/h5-6H,2-4H2,1H3,(H,15,16). The highest BCUT2D eigenvalue weighted by Crippen LogP contribution is 2.36. The maximum absolute atomic E-state index is 12.5. The number of halogens is 5. The molecular weight excluding hydrogens is 233 g/mol. The number of carbonyl (C=O) groups excluding carboxylic acids is 1. The predicted molar refractivity (Wildman–Crippen MR) is 45.9 cm³/mol. The average Bonchev–Trinajstić information content (AvgIpc) is 2.85. The minimum Gasteiger partial charge on any atom is -0.348 e. The fraction of sp³-hybridized carbons (Fsp3) is 0.889. The number of nitrogens with one attached hydrogen (secondary N) is 1. The maximum Gasteiger partial charge on any atom is 0.463 e. The van der Waals surface area contributed by atoms with Crippen LogP contribution in [0.25, 0.3) is 0 Å². The molecule has 0 aromatic carbocycles. The van der Waals surface area contributed by atoms with Crippen LogP contribution in [0.4, 0.5) is 22.0 Å². The van der Waals surface area contributed by atoms with E-state index in [9.17, 15) is 26.7 Å². The molecule has 0 heterocycles. The third-order valence-electron chi connectivity index (χ3n) is 2.40. The third kappa shape index (κ3) is 3.05. The Balaban J connectivity index is 2.49. The summed E-state index contributed by atoms with van der Waals surface area (Å²) in [7, 11) is 0. The van der Waals surface area contributed by atoms with E-state index in [1.54, 1.807) is 5.32 Å². The fourth-order valence-electron chi connectivity index (χ4n) is 1.36. The van der Waals surface area contributed by atoms with E-state index in [1.165, 1.54) is 6.92 Å². The molecule has 1 unspecified atom stereocenters. The van der Waals surface area contributed by atoms with Crippen LogP contribution in [-0.4, -0.2) is 24.0 Å². The van der Waals surface area contributed by atoms with Gasteiger partial charge in [-0.3, -0.25) is 4.79 Å². The maximum atomic E-state index is 12.5. The lowest BCUT2D eigenvalue weighted by atomic mass is 10.1. The van der Waals surface area contributed by atoms with Gasteiger partial charge in [-0.05, 0) is 19.3 Å². The predicted octanol–water partition coefficient (Wildman–Crippen LogP) is 2.49. The summed E-state index contributed by atoms with van der Waals surface area (Å²) < 4.78 is 60.4. The molecule has 0 aliphatic heterocycles. The van der Waals surface area contributed by atoms with Crippen molar-refractivity contribution in [2.24, 2.45) is 5.92 Å². The van der Waals surface area contributed by atoms with Crippen molar-refractivity contribution in [3.05, 3.63) is 0 Å². The highest BCUT2D eigenvalue weighted by atomic mass is 19.4. The molecule has 7 heteroatoms. The van der Waals surface area contributed by atoms with Crippen LogP contribution in [-0.2, 0) is 4.79 Å². The van der Waals surface area contributed by atoms with Gasteiger partial charge in [0.15, 0.2) is 0 Å². The minimum absolute atomic E-state index is 0.342. The van der Waals surface area contributed by atoms with E-state index in [4.69, 9.17) is 0 Å². The van der Waals surface area contributed by atoms with Crippen LogP contribution in [0.15, 0.2) is 0 Å². The molecule has 1 amide bonds. The van der Waals surface area contributed by atoms with Crippen molar-refractivity contribution >= 4 is 5.91 Å². The van der Waals surface area contributed by atoms with E-state index in [-0.39, 0.29) is 0 Å². The van der Waals surface area contributed by atoms with Crippen molar-refractivity contribution in [1.82, 2.24) is 5.32 Å². The summed E-state index contributed by atoms with van der Waals surface area (Å²) in [5.74, 6) is -7.24. The average molecular weight is 245 g/mol. The quantitative estimate of drug-likeness (QED) is 0.757. The molecule has 0 aromatic rings. The molecule has 0 spiro atoms. The van der Waals surface area contributed by atoms with Gasteiger partial charge in [0.25, 0.3) is 0 Å². The summed E-state index contributed by atoms with van der Waals surface area (Å²) >= 11 is 0. The summed E-state index contributed by atoms with van der Waals surface area (Å²) in [5, 5.41) is 1.69. The zero-order chi connectivity index (χ0) is 12.6. The molecule has 0 bridgehead atoms. The van der Waals surface area contributed by atoms with E-state index in [0.29, 0.717) is 12.3 Å². The van der Waals surface area contributed by atoms with E-state index < -0.39 is 24.0 Å². The Kier molecular flexibility index (Phi) is 3.44. The first kappa shape index (κ1) is 13.2. The molecule has 1 N–H and O–H groups in total. The highest BCUT2D eigenvalue weighted by molar-refractivity contribution is 5.84. The number of alkyl halides is 5. The van der Waals surface area contributed by atoms with Gasteiger partial charge in [-0.2, -0.15) is 22.0 Å². The molecule has 2 nitrogen and oxygen atoms in total. The lowest BCUT2D eigenvalue weighted by molar-refractivity contribution is -0.270. The van der Waals surface area contributed by atoms with Crippen molar-refractivity contribution in [2.45, 2.75) is 44.3 Å². The molecule has 1 rings (SSSR count). The molecule has 16 heavy (non-hydrogen) atoms. The molecule has 1 aliphatic rings. The van der Waals surface area contributed by atoms with Crippen LogP contribution in [0.1, 0.15) is 26.2 Å². The summed E-state index contributed by atoms with van der Waals surface area (Å²) in [6.07, 6.45) is -3.51. The van der Waals surface area contributed by atoms with Crippen LogP contribution in [0.5, 0.6) is 0 Å². The number of rotatable bonds is 4. The zero-order valence-electron chi connectivity index (χ0n) is 8.57. The van der Waals surface area contributed by atoms with Gasteiger partial charge in [-0.1, -0.05) is 12.8 Å². The van der Waals surface area contributed by atoms with E-state index in [2.05, 4.69) is 0 Å². The molecule has 0 saturated heterocycles. The lowest BCUT2D eigenvalue weighted by Gasteiger charge is -2.21. The van der Waals surface area contributed by atoms with Crippen LogP contribution >= 0.6 is 0 Å². The lowest BCUT2D eigenvalue weighted by Crippen LogP contribution is -2.52. The molecule has 1 atom stereocenters. The Morgan fingerprint density at radius 2 is 1.81 bits per heavy atom. The smallest absolute Gasteiger partial charge is 0.348 e. The monoisotopic (exact) mass is 245 g/mol. The first-order valence-corrected chi connectivity index (χ1v) is 4.90. The van der Waals surface area contributed by atoms with Gasteiger partial charge < -0.3 is 5.32 Å². The second-order valence-electron chi connectivity index (χ2n) is 4.13. The van der Waals surface area contributed by atoms with Crippen LogP contribution in [0, 0.1) is 5.92 Å². The summed E-state index contributed by atoms with van der Waals surface area (Å²) in [6.45, 7) is 1.42. The number of hydrogen-bond acceptors (Lipinski definition) is 1. The van der Waals surface area contributed by atoms with Gasteiger partial charge in [0, 0.05) is 6.04 Å². The van der Waals surface area contributed by atoms with Crippen molar-refractivity contribution in [2.75, 3.05) is 0 Å². The number of hydrogen-bond donors (Lipinski definition) is 1. The molecule has 1 fully saturated rings. The first-order valence-electron chi connectivity index (χ1n) is 4.90. The summed E-state index contributed by atoms with van der Waals surface area (Å²) in [6, 6.07) is -0.659. The van der Waals surface area contributed by atoms with Crippen molar-refractivity contribution < 1.29 is 26.7 Å². The van der Waals surface area contributed by atoms with Crippen molar-refractivity contribution in [3.63, 3.8) is 0 Å². The Morgan fingerprint density at radius 1 is 1.31 bits per heavy atom. The van der Waals surface area contributed by atoms with E-state index >= 15 is 0 Å². The van der Waals surface area contributed by atoms with Gasteiger partial charge in [0.2, 0.25) is 0 Å². The number of carbonyl (C=O) groups is 1. The van der Waals surface area contributed by atoms with Gasteiger partial charge in [-0.25, -0.2) is 0 Å². The largest absolute Gasteiger partial charge is 0.463 e. The first-order chi connectivity index (χ1) is 7.14. The summed E-state index contributed by atoms with van der Waals surface area (Å²) in [4.78, 5) is 10.7. The van der Waals surface area contributed by atoms with E-state index in [0.717, 1.165) is 12.8 Å². The molecule has 1 aliphatic carbocycles. The molecule has 0 aromatic heterocycles. The third-order valence-corrected chi connectivity index (χ3v) is 2.40. The van der Waals surface area contributed by atoms with Gasteiger partial charge in [0.1, 0.15) is 0 Å². The fourth-order valence-corrected chi connectivity index (χ4v) is 1.36. The van der Waals surface area contributed by atoms with Crippen molar-refractivity contribution in [3.8, 4) is 0 Å². The topological polar surface area (TPSA) is 29.1 Å². The van der Waals surface area contributed by atoms with E-state index in [1.807, 2.05) is 0 Å². The van der Waals surface area contributed by atoms with Gasteiger partial charge >= 0.3 is 18.0 Å². The Bertz CT molecular complexity index is 272. The molecule has 0 radical (unpaired) electrons. The SMILES string of the molecule is CC(CC1CC1)NC(=O)C(F)(F)C(F)(F)F. The normalized spacial score (nSPS) is 19.4. The van der Waals surface area contributed by atoms with Gasteiger partial charge in [-0.15, -0.1) is 0 Å². The highest BCUT2D eigenvalue weighted by Gasteiger charge is 2.63. The van der Waals surface area contributed by atoms with Gasteiger partial charge in [0.05, 0.1) is 0 Å². The Morgan fingerprint density at radius 3 is 2.19 bits per heavy atom. The van der Waals surface area contributed by atoms with Crippen LogP contribution < -0.4 is 5.32 Å². The molecule has 94 valence electrons. The Hall–Kier alpha value is -0.880. The molecule has 1 saturated carbocycles.